The maximum atomic E-state index is 13.4. The second-order valence-corrected chi connectivity index (χ2v) is 7.32. The normalized spacial score (nSPS) is 10.9. The molecule has 0 aliphatic rings. The van der Waals surface area contributed by atoms with Gasteiger partial charge < -0.3 is 5.32 Å². The highest BCUT2D eigenvalue weighted by Crippen LogP contribution is 2.39. The highest BCUT2D eigenvalue weighted by atomic mass is 79.9. The minimum atomic E-state index is -0.275. The summed E-state index contributed by atoms with van der Waals surface area (Å²) in [7, 11) is 1.89. The Morgan fingerprint density at radius 3 is 2.50 bits per heavy atom. The van der Waals surface area contributed by atoms with E-state index in [0.29, 0.717) is 4.47 Å². The number of aryl methyl sites for hydroxylation is 3. The van der Waals surface area contributed by atoms with Crippen LogP contribution in [-0.4, -0.2) is 9.78 Å². The molecule has 0 amide bonds. The molecule has 0 fully saturated rings. The van der Waals surface area contributed by atoms with Crippen LogP contribution in [0.1, 0.15) is 11.3 Å². The van der Waals surface area contributed by atoms with Gasteiger partial charge in [-0.25, -0.2) is 4.39 Å². The summed E-state index contributed by atoms with van der Waals surface area (Å²) in [6.45, 7) is 3.99. The number of para-hydroxylation sites is 1. The highest BCUT2D eigenvalue weighted by molar-refractivity contribution is 9.11. The van der Waals surface area contributed by atoms with Crippen LogP contribution in [0.5, 0.6) is 0 Å². The van der Waals surface area contributed by atoms with Crippen LogP contribution in [0.25, 0.3) is 11.1 Å². The van der Waals surface area contributed by atoms with Crippen molar-refractivity contribution < 1.29 is 4.39 Å². The predicted molar refractivity (Wildman–Crippen MR) is 103 cm³/mol. The molecule has 0 saturated heterocycles. The largest absolute Gasteiger partial charge is 0.339 e. The average Bonchev–Trinajstić information content (AvgIpc) is 2.77. The molecule has 3 aromatic rings. The van der Waals surface area contributed by atoms with Crippen molar-refractivity contribution in [3.63, 3.8) is 0 Å². The molecule has 3 nitrogen and oxygen atoms in total. The summed E-state index contributed by atoms with van der Waals surface area (Å²) in [4.78, 5) is 0. The Balaban J connectivity index is 2.16. The second-order valence-electron chi connectivity index (χ2n) is 5.61. The minimum absolute atomic E-state index is 0.275. The molecule has 124 valence electrons. The molecule has 1 aromatic heterocycles. The third kappa shape index (κ3) is 3.13. The van der Waals surface area contributed by atoms with Gasteiger partial charge in [-0.3, -0.25) is 4.68 Å². The highest BCUT2D eigenvalue weighted by Gasteiger charge is 2.19. The number of anilines is 2. The van der Waals surface area contributed by atoms with E-state index < -0.39 is 0 Å². The average molecular weight is 453 g/mol. The van der Waals surface area contributed by atoms with Gasteiger partial charge in [0.2, 0.25) is 0 Å². The van der Waals surface area contributed by atoms with Gasteiger partial charge in [0.05, 0.1) is 11.4 Å². The van der Waals surface area contributed by atoms with E-state index in [4.69, 9.17) is 0 Å². The molecular formula is C18H16Br2FN3. The van der Waals surface area contributed by atoms with Crippen molar-refractivity contribution in [2.45, 2.75) is 13.8 Å². The molecule has 24 heavy (non-hydrogen) atoms. The van der Waals surface area contributed by atoms with Crippen LogP contribution in [0.2, 0.25) is 0 Å². The van der Waals surface area contributed by atoms with Crippen LogP contribution in [-0.2, 0) is 7.05 Å². The first-order chi connectivity index (χ1) is 11.4. The second kappa shape index (κ2) is 6.69. The maximum absolute atomic E-state index is 13.4. The molecule has 0 atom stereocenters. The smallest absolute Gasteiger partial charge is 0.136 e. The van der Waals surface area contributed by atoms with Crippen LogP contribution < -0.4 is 5.32 Å². The van der Waals surface area contributed by atoms with Gasteiger partial charge in [0.1, 0.15) is 11.6 Å². The SMILES string of the molecule is Cc1cccc(Br)c1Nc1c(-c2ccc(F)cc2Br)c(C)nn1C. The van der Waals surface area contributed by atoms with Gasteiger partial charge in [-0.15, -0.1) is 0 Å². The van der Waals surface area contributed by atoms with Gasteiger partial charge in [-0.2, -0.15) is 5.10 Å². The fourth-order valence-corrected chi connectivity index (χ4v) is 3.84. The number of hydrogen-bond donors (Lipinski definition) is 1. The summed E-state index contributed by atoms with van der Waals surface area (Å²) in [6, 6.07) is 10.7. The lowest BCUT2D eigenvalue weighted by Gasteiger charge is -2.14. The number of benzene rings is 2. The van der Waals surface area contributed by atoms with Gasteiger partial charge in [0.25, 0.3) is 0 Å². The summed E-state index contributed by atoms with van der Waals surface area (Å²) in [5, 5.41) is 8.01. The van der Waals surface area contributed by atoms with Crippen molar-refractivity contribution in [3.8, 4) is 11.1 Å². The third-order valence-corrected chi connectivity index (χ3v) is 5.20. The van der Waals surface area contributed by atoms with E-state index in [1.54, 1.807) is 10.7 Å². The zero-order valence-corrected chi connectivity index (χ0v) is 16.7. The van der Waals surface area contributed by atoms with Gasteiger partial charge in [-0.1, -0.05) is 34.1 Å². The molecule has 0 spiro atoms. The Morgan fingerprint density at radius 2 is 1.83 bits per heavy atom. The Hall–Kier alpha value is -1.66. The summed E-state index contributed by atoms with van der Waals surface area (Å²) in [6.07, 6.45) is 0. The fraction of sp³-hybridized carbons (Fsp3) is 0.167. The van der Waals surface area contributed by atoms with Crippen molar-refractivity contribution >= 4 is 43.4 Å². The topological polar surface area (TPSA) is 29.9 Å². The van der Waals surface area contributed by atoms with Crippen LogP contribution in [0, 0.1) is 19.7 Å². The standard InChI is InChI=1S/C18H16Br2FN3/c1-10-5-4-6-14(19)17(10)22-18-16(11(2)23-24(18)3)13-8-7-12(21)9-15(13)20/h4-9,22H,1-3H3. The molecule has 6 heteroatoms. The van der Waals surface area contributed by atoms with Crippen molar-refractivity contribution in [3.05, 3.63) is 62.4 Å². The van der Waals surface area contributed by atoms with Crippen molar-refractivity contribution in [2.75, 3.05) is 5.32 Å². The van der Waals surface area contributed by atoms with E-state index in [1.807, 2.05) is 39.1 Å². The quantitative estimate of drug-likeness (QED) is 0.519. The summed E-state index contributed by atoms with van der Waals surface area (Å²) < 4.78 is 16.9. The van der Waals surface area contributed by atoms with Crippen LogP contribution in [0.3, 0.4) is 0 Å². The molecule has 1 N–H and O–H groups in total. The van der Waals surface area contributed by atoms with Crippen molar-refractivity contribution in [2.24, 2.45) is 7.05 Å². The number of hydrogen-bond acceptors (Lipinski definition) is 2. The van der Waals surface area contributed by atoms with Crippen LogP contribution >= 0.6 is 31.9 Å². The lowest BCUT2D eigenvalue weighted by Crippen LogP contribution is -2.02. The number of halogens is 3. The maximum Gasteiger partial charge on any atom is 0.136 e. The van der Waals surface area contributed by atoms with E-state index in [-0.39, 0.29) is 5.82 Å². The summed E-state index contributed by atoms with van der Waals surface area (Å²) >= 11 is 7.05. The minimum Gasteiger partial charge on any atom is -0.339 e. The molecule has 0 saturated carbocycles. The molecule has 3 rings (SSSR count). The van der Waals surface area contributed by atoms with Gasteiger partial charge in [0, 0.05) is 27.1 Å². The monoisotopic (exact) mass is 451 g/mol. The van der Waals surface area contributed by atoms with E-state index in [1.165, 1.54) is 12.1 Å². The number of aromatic nitrogens is 2. The Kier molecular flexibility index (Phi) is 4.78. The van der Waals surface area contributed by atoms with Gasteiger partial charge >= 0.3 is 0 Å². The van der Waals surface area contributed by atoms with E-state index >= 15 is 0 Å². The lowest BCUT2D eigenvalue weighted by molar-refractivity contribution is 0.627. The number of nitrogens with zero attached hydrogens (tertiary/aromatic N) is 2. The first-order valence-electron chi connectivity index (χ1n) is 7.39. The first-order valence-corrected chi connectivity index (χ1v) is 8.98. The fourth-order valence-electron chi connectivity index (χ4n) is 2.72. The zero-order chi connectivity index (χ0) is 17.4. The molecule has 0 radical (unpaired) electrons. The molecule has 0 aliphatic carbocycles. The van der Waals surface area contributed by atoms with Gasteiger partial charge in [0.15, 0.2) is 0 Å². The van der Waals surface area contributed by atoms with Crippen molar-refractivity contribution in [1.82, 2.24) is 9.78 Å². The lowest BCUT2D eigenvalue weighted by atomic mass is 10.1. The Morgan fingerprint density at radius 1 is 1.08 bits per heavy atom. The van der Waals surface area contributed by atoms with Crippen LogP contribution in [0.4, 0.5) is 15.9 Å². The van der Waals surface area contributed by atoms with E-state index in [9.17, 15) is 4.39 Å². The van der Waals surface area contributed by atoms with Crippen molar-refractivity contribution in [1.29, 1.82) is 0 Å². The first kappa shape index (κ1) is 17.2. The third-order valence-electron chi connectivity index (χ3n) is 3.89. The number of nitrogens with one attached hydrogen (secondary N) is 1. The molecule has 0 aliphatic heterocycles. The van der Waals surface area contributed by atoms with E-state index in [2.05, 4.69) is 42.3 Å². The molecule has 1 heterocycles. The van der Waals surface area contributed by atoms with Crippen LogP contribution in [0.15, 0.2) is 45.3 Å². The molecule has 2 aromatic carbocycles. The van der Waals surface area contributed by atoms with E-state index in [0.717, 1.165) is 38.4 Å². The molecule has 0 unspecified atom stereocenters. The summed E-state index contributed by atoms with van der Waals surface area (Å²) in [5.41, 5.74) is 4.82. The van der Waals surface area contributed by atoms with Gasteiger partial charge in [-0.05, 0) is 53.5 Å². The summed E-state index contributed by atoms with van der Waals surface area (Å²) in [5.74, 6) is 0.582. The Labute approximate surface area is 157 Å². The Bertz CT molecular complexity index is 899. The predicted octanol–water partition coefficient (Wildman–Crippen LogP) is 6.11. The number of rotatable bonds is 3. The molecule has 0 bridgehead atoms. The molecular weight excluding hydrogens is 437 g/mol. The zero-order valence-electron chi connectivity index (χ0n) is 13.5.